The summed E-state index contributed by atoms with van der Waals surface area (Å²) in [5.41, 5.74) is 3.56. The Labute approximate surface area is 192 Å². The Morgan fingerprint density at radius 1 is 0.970 bits per heavy atom. The monoisotopic (exact) mass is 453 g/mol. The van der Waals surface area contributed by atoms with Crippen molar-refractivity contribution in [3.63, 3.8) is 0 Å². The SMILES string of the molecule is CC(C)N(CCOCCOC(F)C(=O)O)c1cnc(-c2ccccc2)c(-c2ccccc2)n1. The van der Waals surface area contributed by atoms with E-state index in [1.54, 1.807) is 6.20 Å². The largest absolute Gasteiger partial charge is 0.477 e. The molecule has 1 unspecified atom stereocenters. The lowest BCUT2D eigenvalue weighted by Crippen LogP contribution is -2.35. The van der Waals surface area contributed by atoms with Crippen LogP contribution in [0.25, 0.3) is 22.5 Å². The molecule has 33 heavy (non-hydrogen) atoms. The first-order valence-corrected chi connectivity index (χ1v) is 10.8. The summed E-state index contributed by atoms with van der Waals surface area (Å²) < 4.78 is 23.0. The van der Waals surface area contributed by atoms with E-state index in [1.807, 2.05) is 60.7 Å². The van der Waals surface area contributed by atoms with Crippen LogP contribution in [0.3, 0.4) is 0 Å². The van der Waals surface area contributed by atoms with Crippen molar-refractivity contribution in [2.24, 2.45) is 0 Å². The minimum atomic E-state index is -2.34. The molecule has 174 valence electrons. The summed E-state index contributed by atoms with van der Waals surface area (Å²) in [7, 11) is 0. The third-order valence-corrected chi connectivity index (χ3v) is 4.93. The first-order valence-electron chi connectivity index (χ1n) is 10.8. The first-order chi connectivity index (χ1) is 16.0. The van der Waals surface area contributed by atoms with Gasteiger partial charge in [0.05, 0.1) is 37.4 Å². The molecule has 1 N–H and O–H groups in total. The van der Waals surface area contributed by atoms with Gasteiger partial charge in [0.15, 0.2) is 0 Å². The van der Waals surface area contributed by atoms with E-state index in [1.165, 1.54) is 0 Å². The molecule has 7 nitrogen and oxygen atoms in total. The molecule has 1 heterocycles. The molecule has 0 aliphatic rings. The highest BCUT2D eigenvalue weighted by Crippen LogP contribution is 2.30. The number of aromatic nitrogens is 2. The molecule has 3 aromatic rings. The molecule has 0 saturated heterocycles. The second-order valence-electron chi connectivity index (χ2n) is 7.58. The van der Waals surface area contributed by atoms with Crippen LogP contribution in [-0.4, -0.2) is 59.8 Å². The third kappa shape index (κ3) is 6.81. The molecule has 1 aromatic heterocycles. The van der Waals surface area contributed by atoms with Gasteiger partial charge in [-0.05, 0) is 13.8 Å². The second-order valence-corrected chi connectivity index (χ2v) is 7.58. The minimum absolute atomic E-state index is 0.0908. The van der Waals surface area contributed by atoms with Crippen molar-refractivity contribution in [1.82, 2.24) is 9.97 Å². The van der Waals surface area contributed by atoms with Crippen LogP contribution in [0.15, 0.2) is 66.9 Å². The van der Waals surface area contributed by atoms with Gasteiger partial charge in [-0.25, -0.2) is 14.2 Å². The molecule has 2 aromatic carbocycles. The highest BCUT2D eigenvalue weighted by molar-refractivity contribution is 5.78. The number of alkyl halides is 1. The Balaban J connectivity index is 1.75. The molecule has 0 aliphatic carbocycles. The topological polar surface area (TPSA) is 84.8 Å². The molecular weight excluding hydrogens is 425 g/mol. The number of benzene rings is 2. The molecule has 0 bridgehead atoms. The summed E-state index contributed by atoms with van der Waals surface area (Å²) >= 11 is 0. The van der Waals surface area contributed by atoms with Crippen LogP contribution in [0.1, 0.15) is 13.8 Å². The van der Waals surface area contributed by atoms with E-state index >= 15 is 0 Å². The van der Waals surface area contributed by atoms with Gasteiger partial charge < -0.3 is 19.5 Å². The van der Waals surface area contributed by atoms with Gasteiger partial charge in [-0.15, -0.1) is 0 Å². The van der Waals surface area contributed by atoms with Gasteiger partial charge in [0, 0.05) is 23.7 Å². The van der Waals surface area contributed by atoms with E-state index in [2.05, 4.69) is 23.5 Å². The molecular formula is C25H28FN3O4. The van der Waals surface area contributed by atoms with E-state index in [0.717, 1.165) is 28.3 Å². The van der Waals surface area contributed by atoms with E-state index in [-0.39, 0.29) is 19.3 Å². The van der Waals surface area contributed by atoms with Gasteiger partial charge in [0.1, 0.15) is 5.82 Å². The summed E-state index contributed by atoms with van der Waals surface area (Å²) in [6, 6.07) is 20.0. The summed E-state index contributed by atoms with van der Waals surface area (Å²) in [4.78, 5) is 22.2. The van der Waals surface area contributed by atoms with Gasteiger partial charge in [0.2, 0.25) is 0 Å². The lowest BCUT2D eigenvalue weighted by molar-refractivity contribution is -0.164. The van der Waals surface area contributed by atoms with Crippen molar-refractivity contribution in [3.05, 3.63) is 66.9 Å². The Morgan fingerprint density at radius 3 is 2.15 bits per heavy atom. The smallest absolute Gasteiger partial charge is 0.366 e. The van der Waals surface area contributed by atoms with Crippen LogP contribution in [0, 0.1) is 0 Å². The van der Waals surface area contributed by atoms with Crippen LogP contribution in [0.5, 0.6) is 0 Å². The zero-order chi connectivity index (χ0) is 23.6. The Hall–Kier alpha value is -3.36. The summed E-state index contributed by atoms with van der Waals surface area (Å²) in [5, 5.41) is 8.48. The van der Waals surface area contributed by atoms with E-state index in [0.29, 0.717) is 13.2 Å². The fraction of sp³-hybridized carbons (Fsp3) is 0.320. The number of carboxylic acids is 1. The number of nitrogens with zero attached hydrogens (tertiary/aromatic N) is 3. The Kier molecular flexibility index (Phi) is 8.86. The van der Waals surface area contributed by atoms with Gasteiger partial charge in [-0.3, -0.25) is 4.98 Å². The van der Waals surface area contributed by atoms with Gasteiger partial charge >= 0.3 is 5.97 Å². The Morgan fingerprint density at radius 2 is 1.58 bits per heavy atom. The molecule has 0 aliphatic heterocycles. The molecule has 3 rings (SSSR count). The number of anilines is 1. The number of hydrogen-bond donors (Lipinski definition) is 1. The second kappa shape index (κ2) is 12.0. The average Bonchev–Trinajstić information content (AvgIpc) is 2.84. The van der Waals surface area contributed by atoms with Crippen molar-refractivity contribution in [2.45, 2.75) is 26.2 Å². The van der Waals surface area contributed by atoms with Crippen molar-refractivity contribution in [2.75, 3.05) is 31.3 Å². The number of rotatable bonds is 12. The lowest BCUT2D eigenvalue weighted by atomic mass is 10.0. The third-order valence-electron chi connectivity index (χ3n) is 4.93. The molecule has 0 saturated carbocycles. The number of carboxylic acid groups (broad SMARTS) is 1. The molecule has 0 amide bonds. The predicted octanol–water partition coefficient (Wildman–Crippen LogP) is 4.44. The van der Waals surface area contributed by atoms with Crippen LogP contribution in [0.4, 0.5) is 10.2 Å². The fourth-order valence-electron chi connectivity index (χ4n) is 3.31. The normalized spacial score (nSPS) is 12.0. The van der Waals surface area contributed by atoms with Crippen LogP contribution in [-0.2, 0) is 14.3 Å². The van der Waals surface area contributed by atoms with E-state index < -0.39 is 12.3 Å². The maximum atomic E-state index is 12.9. The maximum absolute atomic E-state index is 12.9. The van der Waals surface area contributed by atoms with Crippen LogP contribution >= 0.6 is 0 Å². The Bertz CT molecular complexity index is 1020. The highest BCUT2D eigenvalue weighted by atomic mass is 19.1. The summed E-state index contributed by atoms with van der Waals surface area (Å²) in [6.07, 6.45) is -0.575. The summed E-state index contributed by atoms with van der Waals surface area (Å²) in [6.45, 7) is 4.93. The van der Waals surface area contributed by atoms with Crippen LogP contribution in [0.2, 0.25) is 0 Å². The van der Waals surface area contributed by atoms with Crippen molar-refractivity contribution in [3.8, 4) is 22.5 Å². The zero-order valence-electron chi connectivity index (χ0n) is 18.7. The van der Waals surface area contributed by atoms with Crippen molar-refractivity contribution in [1.29, 1.82) is 0 Å². The van der Waals surface area contributed by atoms with E-state index in [9.17, 15) is 9.18 Å². The molecule has 0 fully saturated rings. The molecule has 0 spiro atoms. The number of aliphatic carboxylic acids is 1. The number of ether oxygens (including phenoxy) is 2. The molecule has 8 heteroatoms. The van der Waals surface area contributed by atoms with Gasteiger partial charge in [-0.1, -0.05) is 60.7 Å². The quantitative estimate of drug-likeness (QED) is 0.406. The highest BCUT2D eigenvalue weighted by Gasteiger charge is 2.18. The zero-order valence-corrected chi connectivity index (χ0v) is 18.7. The van der Waals surface area contributed by atoms with Crippen LogP contribution < -0.4 is 4.90 Å². The number of carbonyl (C=O) groups is 1. The van der Waals surface area contributed by atoms with Gasteiger partial charge in [-0.2, -0.15) is 0 Å². The predicted molar refractivity (Wildman–Crippen MR) is 125 cm³/mol. The number of halogens is 1. The maximum Gasteiger partial charge on any atom is 0.366 e. The van der Waals surface area contributed by atoms with Gasteiger partial charge in [0.25, 0.3) is 6.36 Å². The number of hydrogen-bond acceptors (Lipinski definition) is 6. The standard InChI is InChI=1S/C25H28FN3O4/c1-18(2)29(13-14-32-15-16-33-24(26)25(30)31)21-17-27-22(19-9-5-3-6-10-19)23(28-21)20-11-7-4-8-12-20/h3-12,17-18,24H,13-16H2,1-2H3,(H,30,31). The molecule has 1 atom stereocenters. The summed E-state index contributed by atoms with van der Waals surface area (Å²) in [5.74, 6) is -0.925. The minimum Gasteiger partial charge on any atom is -0.477 e. The first kappa shape index (κ1) is 24.3. The van der Waals surface area contributed by atoms with Crippen molar-refractivity contribution < 1.29 is 23.8 Å². The average molecular weight is 454 g/mol. The van der Waals surface area contributed by atoms with E-state index in [4.69, 9.17) is 19.8 Å². The lowest BCUT2D eigenvalue weighted by Gasteiger charge is -2.28. The van der Waals surface area contributed by atoms with Crippen molar-refractivity contribution >= 4 is 11.8 Å². The molecule has 0 radical (unpaired) electrons. The fourth-order valence-corrected chi connectivity index (χ4v) is 3.31.